The van der Waals surface area contributed by atoms with Gasteiger partial charge in [-0.15, -0.1) is 0 Å². The molecule has 26 heavy (non-hydrogen) atoms. The monoisotopic (exact) mass is 358 g/mol. The van der Waals surface area contributed by atoms with Gasteiger partial charge in [-0.3, -0.25) is 9.59 Å². The molecule has 1 fully saturated rings. The largest absolute Gasteiger partial charge is 0.354 e. The Kier molecular flexibility index (Phi) is 5.49. The summed E-state index contributed by atoms with van der Waals surface area (Å²) in [5.41, 5.74) is 2.41. The van der Waals surface area contributed by atoms with Gasteiger partial charge in [0.1, 0.15) is 5.52 Å². The van der Waals surface area contributed by atoms with E-state index in [2.05, 4.69) is 29.1 Å². The number of carbonyl (C=O) groups is 2. The van der Waals surface area contributed by atoms with Crippen molar-refractivity contribution in [3.63, 3.8) is 0 Å². The minimum absolute atomic E-state index is 0.0668. The van der Waals surface area contributed by atoms with Crippen LogP contribution in [0.4, 0.5) is 0 Å². The molecule has 2 aromatic rings. The highest BCUT2D eigenvalue weighted by Crippen LogP contribution is 2.30. The molecule has 3 heterocycles. The number of rotatable bonds is 6. The van der Waals surface area contributed by atoms with Gasteiger partial charge in [0, 0.05) is 51.3 Å². The third-order valence-corrected chi connectivity index (χ3v) is 4.60. The first-order chi connectivity index (χ1) is 12.5. The summed E-state index contributed by atoms with van der Waals surface area (Å²) in [6.45, 7) is 8.09. The van der Waals surface area contributed by atoms with Gasteiger partial charge in [0.25, 0.3) is 0 Å². The summed E-state index contributed by atoms with van der Waals surface area (Å²) in [6, 6.07) is 0. The van der Waals surface area contributed by atoms with E-state index < -0.39 is 0 Å². The van der Waals surface area contributed by atoms with Crippen molar-refractivity contribution in [1.82, 2.24) is 30.0 Å². The van der Waals surface area contributed by atoms with Crippen LogP contribution >= 0.6 is 0 Å². The third-order valence-electron chi connectivity index (χ3n) is 4.60. The van der Waals surface area contributed by atoms with E-state index in [1.165, 1.54) is 6.92 Å². The molecule has 0 saturated carbocycles. The number of amides is 2. The Morgan fingerprint density at radius 2 is 2.08 bits per heavy atom. The fourth-order valence-corrected chi connectivity index (χ4v) is 3.38. The second-order valence-corrected chi connectivity index (χ2v) is 7.24. The van der Waals surface area contributed by atoms with Gasteiger partial charge in [-0.2, -0.15) is 5.10 Å². The molecular formula is C18H26N6O2. The van der Waals surface area contributed by atoms with Gasteiger partial charge in [0.15, 0.2) is 5.65 Å². The molecule has 1 atom stereocenters. The molecule has 0 aromatic carbocycles. The summed E-state index contributed by atoms with van der Waals surface area (Å²) >= 11 is 0. The fourth-order valence-electron chi connectivity index (χ4n) is 3.38. The van der Waals surface area contributed by atoms with Crippen LogP contribution < -0.4 is 5.32 Å². The zero-order valence-corrected chi connectivity index (χ0v) is 15.6. The predicted molar refractivity (Wildman–Crippen MR) is 97.4 cm³/mol. The van der Waals surface area contributed by atoms with E-state index in [0.29, 0.717) is 32.0 Å². The Morgan fingerprint density at radius 3 is 2.81 bits per heavy atom. The highest BCUT2D eigenvalue weighted by atomic mass is 16.2. The molecule has 1 aliphatic rings. The van der Waals surface area contributed by atoms with Crippen LogP contribution in [0.15, 0.2) is 12.4 Å². The van der Waals surface area contributed by atoms with Gasteiger partial charge < -0.3 is 10.2 Å². The number of carbonyl (C=O) groups excluding carboxylic acids is 2. The van der Waals surface area contributed by atoms with Gasteiger partial charge in [0.2, 0.25) is 11.8 Å². The lowest BCUT2D eigenvalue weighted by atomic mass is 10.0. The molecule has 0 unspecified atom stereocenters. The van der Waals surface area contributed by atoms with Crippen LogP contribution in [0.25, 0.3) is 11.2 Å². The van der Waals surface area contributed by atoms with E-state index in [1.54, 1.807) is 17.1 Å². The number of fused-ring (bicyclic) bond motifs is 1. The van der Waals surface area contributed by atoms with E-state index in [1.807, 2.05) is 4.90 Å². The normalized spacial score (nSPS) is 17.2. The number of nitrogens with zero attached hydrogens (tertiary/aromatic N) is 5. The van der Waals surface area contributed by atoms with Gasteiger partial charge in [-0.05, 0) is 12.3 Å². The molecule has 1 aliphatic heterocycles. The topological polar surface area (TPSA) is 93.0 Å². The molecule has 8 nitrogen and oxygen atoms in total. The average Bonchev–Trinajstić information content (AvgIpc) is 3.19. The maximum absolute atomic E-state index is 12.3. The summed E-state index contributed by atoms with van der Waals surface area (Å²) in [5.74, 6) is 0.680. The molecule has 0 bridgehead atoms. The van der Waals surface area contributed by atoms with Crippen molar-refractivity contribution in [3.05, 3.63) is 18.1 Å². The van der Waals surface area contributed by atoms with Crippen LogP contribution in [0.2, 0.25) is 0 Å². The molecule has 0 radical (unpaired) electrons. The Hall–Kier alpha value is -2.51. The Bertz CT molecular complexity index is 800. The lowest BCUT2D eigenvalue weighted by molar-refractivity contribution is -0.131. The maximum Gasteiger partial charge on any atom is 0.222 e. The van der Waals surface area contributed by atoms with Crippen LogP contribution in [0.3, 0.4) is 0 Å². The molecule has 2 amide bonds. The van der Waals surface area contributed by atoms with Crippen LogP contribution in [-0.4, -0.2) is 56.1 Å². The van der Waals surface area contributed by atoms with E-state index in [9.17, 15) is 9.59 Å². The summed E-state index contributed by atoms with van der Waals surface area (Å²) in [6.07, 6.45) is 4.79. The Labute approximate surface area is 153 Å². The van der Waals surface area contributed by atoms with E-state index >= 15 is 0 Å². The van der Waals surface area contributed by atoms with Crippen LogP contribution in [0.5, 0.6) is 0 Å². The highest BCUT2D eigenvalue weighted by Gasteiger charge is 2.31. The standard InChI is InChI=1S/C18H26N6O2/c1-12(2)10-15(26)23-8-4-14(11-23)16-17-18(21-6-5-20-17)24(22-16)9-7-19-13(3)25/h5-6,12,14H,4,7-11H2,1-3H3,(H,19,25)/t14-/m0/s1. The van der Waals surface area contributed by atoms with Crippen molar-refractivity contribution in [2.75, 3.05) is 19.6 Å². The molecule has 0 spiro atoms. The quantitative estimate of drug-likeness (QED) is 0.841. The number of nitrogens with one attached hydrogen (secondary N) is 1. The minimum atomic E-state index is -0.0668. The lowest BCUT2D eigenvalue weighted by Crippen LogP contribution is -2.29. The van der Waals surface area contributed by atoms with Gasteiger partial charge in [-0.1, -0.05) is 13.8 Å². The second-order valence-electron chi connectivity index (χ2n) is 7.24. The zero-order valence-electron chi connectivity index (χ0n) is 15.6. The number of aromatic nitrogens is 4. The van der Waals surface area contributed by atoms with Crippen molar-refractivity contribution in [2.45, 2.75) is 46.1 Å². The number of hydrogen-bond donors (Lipinski definition) is 1. The highest BCUT2D eigenvalue weighted by molar-refractivity contribution is 5.78. The molecule has 3 rings (SSSR count). The fraction of sp³-hybridized carbons (Fsp3) is 0.611. The van der Waals surface area contributed by atoms with Crippen LogP contribution in [-0.2, 0) is 16.1 Å². The molecule has 8 heteroatoms. The molecule has 1 saturated heterocycles. The van der Waals surface area contributed by atoms with Gasteiger partial charge in [-0.25, -0.2) is 14.6 Å². The minimum Gasteiger partial charge on any atom is -0.354 e. The van der Waals surface area contributed by atoms with Crippen LogP contribution in [0.1, 0.15) is 45.2 Å². The zero-order chi connectivity index (χ0) is 18.7. The van der Waals surface area contributed by atoms with E-state index in [4.69, 9.17) is 5.10 Å². The summed E-state index contributed by atoms with van der Waals surface area (Å²) in [5, 5.41) is 7.50. The Morgan fingerprint density at radius 1 is 1.31 bits per heavy atom. The Balaban J connectivity index is 1.78. The first-order valence-corrected chi connectivity index (χ1v) is 9.15. The molecule has 2 aromatic heterocycles. The SMILES string of the molecule is CC(=O)NCCn1nc([C@H]2CCN(C(=O)CC(C)C)C2)c2nccnc21. The summed E-state index contributed by atoms with van der Waals surface area (Å²) in [4.78, 5) is 34.2. The predicted octanol–water partition coefficient (Wildman–Crippen LogP) is 1.32. The molecule has 1 N–H and O–H groups in total. The lowest BCUT2D eigenvalue weighted by Gasteiger charge is -2.17. The van der Waals surface area contributed by atoms with Crippen molar-refractivity contribution in [2.24, 2.45) is 5.92 Å². The maximum atomic E-state index is 12.3. The van der Waals surface area contributed by atoms with E-state index in [-0.39, 0.29) is 17.7 Å². The van der Waals surface area contributed by atoms with Gasteiger partial charge >= 0.3 is 0 Å². The first-order valence-electron chi connectivity index (χ1n) is 9.15. The van der Waals surface area contributed by atoms with Crippen molar-refractivity contribution >= 4 is 23.0 Å². The molecule has 140 valence electrons. The van der Waals surface area contributed by atoms with Crippen molar-refractivity contribution < 1.29 is 9.59 Å². The average molecular weight is 358 g/mol. The number of likely N-dealkylation sites (tertiary alicyclic amines) is 1. The smallest absolute Gasteiger partial charge is 0.222 e. The first kappa shape index (κ1) is 18.3. The number of hydrogen-bond acceptors (Lipinski definition) is 5. The van der Waals surface area contributed by atoms with Crippen molar-refractivity contribution in [3.8, 4) is 0 Å². The van der Waals surface area contributed by atoms with Gasteiger partial charge in [0.05, 0.1) is 12.2 Å². The third kappa shape index (κ3) is 4.00. The summed E-state index contributed by atoms with van der Waals surface area (Å²) in [7, 11) is 0. The molecular weight excluding hydrogens is 332 g/mol. The van der Waals surface area contributed by atoms with Crippen LogP contribution in [0, 0.1) is 5.92 Å². The molecule has 0 aliphatic carbocycles. The second kappa shape index (κ2) is 7.80. The van der Waals surface area contributed by atoms with E-state index in [0.717, 1.165) is 29.8 Å². The van der Waals surface area contributed by atoms with Crippen molar-refractivity contribution in [1.29, 1.82) is 0 Å². The summed E-state index contributed by atoms with van der Waals surface area (Å²) < 4.78 is 1.80.